The van der Waals surface area contributed by atoms with E-state index in [1.165, 1.54) is 11.1 Å². The van der Waals surface area contributed by atoms with Gasteiger partial charge >= 0.3 is 0 Å². The van der Waals surface area contributed by atoms with Crippen molar-refractivity contribution in [3.8, 4) is 5.75 Å². The van der Waals surface area contributed by atoms with Gasteiger partial charge in [0.05, 0.1) is 30.5 Å². The summed E-state index contributed by atoms with van der Waals surface area (Å²) in [6.07, 6.45) is 3.22. The highest BCUT2D eigenvalue weighted by Gasteiger charge is 2.24. The summed E-state index contributed by atoms with van der Waals surface area (Å²) in [6, 6.07) is 18.2. The number of aromatic nitrogens is 2. The first-order valence-electron chi connectivity index (χ1n) is 9.36. The van der Waals surface area contributed by atoms with Crippen LogP contribution in [0.25, 0.3) is 0 Å². The molecule has 0 saturated carbocycles. The van der Waals surface area contributed by atoms with Crippen LogP contribution < -0.4 is 10.1 Å². The van der Waals surface area contributed by atoms with Gasteiger partial charge in [0, 0.05) is 6.42 Å². The van der Waals surface area contributed by atoms with Crippen molar-refractivity contribution in [2.75, 3.05) is 6.54 Å². The zero-order valence-corrected chi connectivity index (χ0v) is 15.4. The fourth-order valence-corrected chi connectivity index (χ4v) is 3.54. The molecule has 1 aliphatic heterocycles. The lowest BCUT2D eigenvalue weighted by Crippen LogP contribution is -2.34. The SMILES string of the molecule is CCc1c(C(=O)NCC2Cc3ccccc3O2)cnn1Cc1ccccc1. The molecule has 1 unspecified atom stereocenters. The molecule has 2 aromatic carbocycles. The van der Waals surface area contributed by atoms with E-state index in [4.69, 9.17) is 4.74 Å². The van der Waals surface area contributed by atoms with Crippen LogP contribution in [0.5, 0.6) is 5.75 Å². The molecule has 5 heteroatoms. The maximum absolute atomic E-state index is 12.7. The number of carbonyl (C=O) groups is 1. The third-order valence-electron chi connectivity index (χ3n) is 4.91. The number of carbonyl (C=O) groups excluding carboxylic acids is 1. The minimum Gasteiger partial charge on any atom is -0.488 e. The Balaban J connectivity index is 1.40. The number of hydrogen-bond acceptors (Lipinski definition) is 3. The molecule has 1 aliphatic rings. The summed E-state index contributed by atoms with van der Waals surface area (Å²) in [5, 5.41) is 7.45. The molecule has 0 spiro atoms. The lowest BCUT2D eigenvalue weighted by molar-refractivity contribution is 0.0932. The van der Waals surface area contributed by atoms with Gasteiger partial charge in [0.25, 0.3) is 5.91 Å². The van der Waals surface area contributed by atoms with Crippen molar-refractivity contribution in [1.29, 1.82) is 0 Å². The number of fused-ring (bicyclic) bond motifs is 1. The zero-order valence-electron chi connectivity index (χ0n) is 15.4. The Morgan fingerprint density at radius 1 is 1.19 bits per heavy atom. The summed E-state index contributed by atoms with van der Waals surface area (Å²) in [5.41, 5.74) is 3.96. The summed E-state index contributed by atoms with van der Waals surface area (Å²) in [6.45, 7) is 3.20. The second-order valence-electron chi connectivity index (χ2n) is 6.76. The lowest BCUT2D eigenvalue weighted by atomic mass is 10.1. The Bertz CT molecular complexity index is 909. The first-order valence-corrected chi connectivity index (χ1v) is 9.36. The van der Waals surface area contributed by atoms with Gasteiger partial charge in [0.2, 0.25) is 0 Å². The van der Waals surface area contributed by atoms with Gasteiger partial charge in [-0.2, -0.15) is 5.10 Å². The van der Waals surface area contributed by atoms with E-state index in [1.54, 1.807) is 6.20 Å². The van der Waals surface area contributed by atoms with Crippen molar-refractivity contribution < 1.29 is 9.53 Å². The lowest BCUT2D eigenvalue weighted by Gasteiger charge is -2.12. The molecule has 2 heterocycles. The van der Waals surface area contributed by atoms with Crippen LogP contribution in [0.2, 0.25) is 0 Å². The van der Waals surface area contributed by atoms with Gasteiger partial charge < -0.3 is 10.1 Å². The van der Waals surface area contributed by atoms with Crippen molar-refractivity contribution in [3.63, 3.8) is 0 Å². The minimum absolute atomic E-state index is 0.0178. The van der Waals surface area contributed by atoms with Crippen molar-refractivity contribution in [3.05, 3.63) is 83.2 Å². The number of amides is 1. The average Bonchev–Trinajstić information content (AvgIpc) is 3.30. The molecule has 1 atom stereocenters. The predicted octanol–water partition coefficient (Wildman–Crippen LogP) is 3.23. The van der Waals surface area contributed by atoms with Crippen LogP contribution in [0.15, 0.2) is 60.8 Å². The molecular weight excluding hydrogens is 338 g/mol. The summed E-state index contributed by atoms with van der Waals surface area (Å²) in [5.74, 6) is 0.826. The van der Waals surface area contributed by atoms with Gasteiger partial charge in [-0.05, 0) is 23.6 Å². The summed E-state index contributed by atoms with van der Waals surface area (Å²) >= 11 is 0. The topological polar surface area (TPSA) is 56.1 Å². The van der Waals surface area contributed by atoms with Gasteiger partial charge in [-0.1, -0.05) is 55.5 Å². The molecule has 1 N–H and O–H groups in total. The summed E-state index contributed by atoms with van der Waals surface area (Å²) in [7, 11) is 0. The summed E-state index contributed by atoms with van der Waals surface area (Å²) < 4.78 is 7.81. The third kappa shape index (κ3) is 3.72. The molecule has 1 aromatic heterocycles. The van der Waals surface area contributed by atoms with Crippen LogP contribution in [-0.4, -0.2) is 28.3 Å². The van der Waals surface area contributed by atoms with E-state index in [0.717, 1.165) is 24.3 Å². The largest absolute Gasteiger partial charge is 0.488 e. The molecule has 138 valence electrons. The maximum atomic E-state index is 12.7. The second kappa shape index (κ2) is 7.66. The molecule has 0 saturated heterocycles. The van der Waals surface area contributed by atoms with Gasteiger partial charge in [0.15, 0.2) is 0 Å². The Morgan fingerprint density at radius 2 is 1.96 bits per heavy atom. The number of nitrogens with one attached hydrogen (secondary N) is 1. The van der Waals surface area contributed by atoms with E-state index in [-0.39, 0.29) is 12.0 Å². The van der Waals surface area contributed by atoms with Crippen LogP contribution in [-0.2, 0) is 19.4 Å². The van der Waals surface area contributed by atoms with Gasteiger partial charge in [-0.3, -0.25) is 9.48 Å². The van der Waals surface area contributed by atoms with Crippen LogP contribution >= 0.6 is 0 Å². The molecule has 1 amide bonds. The monoisotopic (exact) mass is 361 g/mol. The third-order valence-corrected chi connectivity index (χ3v) is 4.91. The first-order chi connectivity index (χ1) is 13.2. The standard InChI is InChI=1S/C22H23N3O2/c1-2-20-19(14-24-25(20)15-16-8-4-3-5-9-16)22(26)23-13-18-12-17-10-6-7-11-21(17)27-18/h3-11,14,18H,2,12-13,15H2,1H3,(H,23,26). The molecule has 0 fully saturated rings. The number of ether oxygens (including phenoxy) is 1. The van der Waals surface area contributed by atoms with Crippen LogP contribution in [0.4, 0.5) is 0 Å². The van der Waals surface area contributed by atoms with Gasteiger partial charge in [0.1, 0.15) is 11.9 Å². The number of para-hydroxylation sites is 1. The number of nitrogens with zero attached hydrogens (tertiary/aromatic N) is 2. The predicted molar refractivity (Wildman–Crippen MR) is 104 cm³/mol. The molecule has 5 nitrogen and oxygen atoms in total. The Morgan fingerprint density at radius 3 is 2.74 bits per heavy atom. The molecule has 0 bridgehead atoms. The Hall–Kier alpha value is -3.08. The van der Waals surface area contributed by atoms with Crippen LogP contribution in [0.1, 0.15) is 34.1 Å². The highest BCUT2D eigenvalue weighted by Crippen LogP contribution is 2.27. The highest BCUT2D eigenvalue weighted by atomic mass is 16.5. The van der Waals surface area contributed by atoms with E-state index in [9.17, 15) is 4.79 Å². The minimum atomic E-state index is -0.0919. The Kier molecular flexibility index (Phi) is 4.92. The number of rotatable bonds is 6. The van der Waals surface area contributed by atoms with E-state index in [0.29, 0.717) is 18.7 Å². The van der Waals surface area contributed by atoms with Crippen LogP contribution in [0.3, 0.4) is 0 Å². The van der Waals surface area contributed by atoms with Crippen molar-refractivity contribution in [1.82, 2.24) is 15.1 Å². The van der Waals surface area contributed by atoms with E-state index < -0.39 is 0 Å². The molecular formula is C22H23N3O2. The fraction of sp³-hybridized carbons (Fsp3) is 0.273. The fourth-order valence-electron chi connectivity index (χ4n) is 3.54. The van der Waals surface area contributed by atoms with E-state index in [2.05, 4.69) is 28.6 Å². The Labute approximate surface area is 159 Å². The van der Waals surface area contributed by atoms with Crippen molar-refractivity contribution >= 4 is 5.91 Å². The zero-order chi connectivity index (χ0) is 18.6. The average molecular weight is 361 g/mol. The number of benzene rings is 2. The van der Waals surface area contributed by atoms with Crippen LogP contribution in [0, 0.1) is 0 Å². The summed E-state index contributed by atoms with van der Waals surface area (Å²) in [4.78, 5) is 12.7. The van der Waals surface area contributed by atoms with Gasteiger partial charge in [-0.25, -0.2) is 0 Å². The first kappa shape index (κ1) is 17.3. The molecule has 4 rings (SSSR count). The maximum Gasteiger partial charge on any atom is 0.254 e. The normalized spacial score (nSPS) is 15.2. The van der Waals surface area contributed by atoms with Gasteiger partial charge in [-0.15, -0.1) is 0 Å². The molecule has 0 aliphatic carbocycles. The van der Waals surface area contributed by atoms with Crippen molar-refractivity contribution in [2.24, 2.45) is 0 Å². The molecule has 27 heavy (non-hydrogen) atoms. The molecule has 3 aromatic rings. The molecule has 0 radical (unpaired) electrons. The smallest absolute Gasteiger partial charge is 0.254 e. The van der Waals surface area contributed by atoms with E-state index in [1.807, 2.05) is 48.0 Å². The second-order valence-corrected chi connectivity index (χ2v) is 6.76. The van der Waals surface area contributed by atoms with E-state index >= 15 is 0 Å². The van der Waals surface area contributed by atoms with Crippen molar-refractivity contribution in [2.45, 2.75) is 32.4 Å². The highest BCUT2D eigenvalue weighted by molar-refractivity contribution is 5.95. The quantitative estimate of drug-likeness (QED) is 0.733. The number of hydrogen-bond donors (Lipinski definition) is 1.